The number of aromatic amines is 1. The maximum atomic E-state index is 13.1. The zero-order chi connectivity index (χ0) is 20.0. The standard InChI is InChI=1S/C16H14F2N4O5/c17-10-2-1-8(5-11(10)18)6-19-14(26)9-7-20-16(22-15(9)27)21-12(23)3-4-13(24)25/h1-2,5,7H,3-4,6H2,(H,19,26)(H,24,25)(H2,20,21,22,23,27). The second kappa shape index (κ2) is 8.65. The third-order valence-electron chi connectivity index (χ3n) is 3.30. The largest absolute Gasteiger partial charge is 0.481 e. The molecule has 0 aliphatic heterocycles. The Hall–Kier alpha value is -3.63. The van der Waals surface area contributed by atoms with Gasteiger partial charge in [0.25, 0.3) is 11.5 Å². The van der Waals surface area contributed by atoms with Crippen molar-refractivity contribution in [3.63, 3.8) is 0 Å². The van der Waals surface area contributed by atoms with E-state index in [4.69, 9.17) is 5.11 Å². The average molecular weight is 380 g/mol. The zero-order valence-corrected chi connectivity index (χ0v) is 13.7. The molecule has 4 N–H and O–H groups in total. The van der Waals surface area contributed by atoms with Crippen molar-refractivity contribution in [3.8, 4) is 0 Å². The number of nitrogens with one attached hydrogen (secondary N) is 3. The van der Waals surface area contributed by atoms with E-state index >= 15 is 0 Å². The molecule has 2 amide bonds. The maximum Gasteiger partial charge on any atom is 0.303 e. The van der Waals surface area contributed by atoms with Crippen LogP contribution in [0.2, 0.25) is 0 Å². The van der Waals surface area contributed by atoms with Crippen LogP contribution in [0.3, 0.4) is 0 Å². The lowest BCUT2D eigenvalue weighted by Crippen LogP contribution is -2.30. The van der Waals surface area contributed by atoms with E-state index in [-0.39, 0.29) is 36.5 Å². The van der Waals surface area contributed by atoms with E-state index in [9.17, 15) is 28.0 Å². The highest BCUT2D eigenvalue weighted by Crippen LogP contribution is 2.08. The lowest BCUT2D eigenvalue weighted by Gasteiger charge is -2.07. The van der Waals surface area contributed by atoms with Gasteiger partial charge in [0.1, 0.15) is 5.56 Å². The molecule has 0 radical (unpaired) electrons. The highest BCUT2D eigenvalue weighted by atomic mass is 19.2. The number of halogens is 2. The lowest BCUT2D eigenvalue weighted by atomic mass is 10.2. The van der Waals surface area contributed by atoms with Gasteiger partial charge in [0.15, 0.2) is 11.6 Å². The van der Waals surface area contributed by atoms with Gasteiger partial charge in [-0.25, -0.2) is 13.8 Å². The summed E-state index contributed by atoms with van der Waals surface area (Å²) in [6, 6.07) is 3.10. The molecule has 0 spiro atoms. The number of carbonyl (C=O) groups is 3. The summed E-state index contributed by atoms with van der Waals surface area (Å²) in [6.07, 6.45) is 0.224. The zero-order valence-electron chi connectivity index (χ0n) is 13.7. The first-order chi connectivity index (χ1) is 12.8. The van der Waals surface area contributed by atoms with E-state index in [1.54, 1.807) is 0 Å². The molecule has 2 aromatic rings. The van der Waals surface area contributed by atoms with Crippen molar-refractivity contribution in [2.75, 3.05) is 5.32 Å². The molecule has 1 aromatic heterocycles. The monoisotopic (exact) mass is 380 g/mol. The Labute approximate surface area is 150 Å². The summed E-state index contributed by atoms with van der Waals surface area (Å²) in [5.41, 5.74) is -0.920. The van der Waals surface area contributed by atoms with Crippen LogP contribution in [0.5, 0.6) is 0 Å². The molecule has 1 aromatic carbocycles. The molecular weight excluding hydrogens is 366 g/mol. The Kier molecular flexibility index (Phi) is 6.31. The van der Waals surface area contributed by atoms with Gasteiger partial charge in [-0.3, -0.25) is 29.5 Å². The van der Waals surface area contributed by atoms with Gasteiger partial charge in [-0.2, -0.15) is 0 Å². The number of carbonyl (C=O) groups excluding carboxylic acids is 2. The van der Waals surface area contributed by atoms with Crippen LogP contribution in [0.15, 0.2) is 29.2 Å². The van der Waals surface area contributed by atoms with Crippen LogP contribution in [0, 0.1) is 11.6 Å². The summed E-state index contributed by atoms with van der Waals surface area (Å²) in [7, 11) is 0. The fourth-order valence-corrected chi connectivity index (χ4v) is 1.96. The van der Waals surface area contributed by atoms with Crippen molar-refractivity contribution in [2.45, 2.75) is 19.4 Å². The molecule has 1 heterocycles. The van der Waals surface area contributed by atoms with Crippen molar-refractivity contribution < 1.29 is 28.3 Å². The van der Waals surface area contributed by atoms with Crippen LogP contribution in [0.25, 0.3) is 0 Å². The van der Waals surface area contributed by atoms with E-state index < -0.39 is 35.0 Å². The van der Waals surface area contributed by atoms with E-state index in [2.05, 4.69) is 20.6 Å². The summed E-state index contributed by atoms with van der Waals surface area (Å²) in [5, 5.41) is 13.0. The minimum atomic E-state index is -1.15. The van der Waals surface area contributed by atoms with E-state index in [1.165, 1.54) is 6.07 Å². The second-order valence-electron chi connectivity index (χ2n) is 5.35. The van der Waals surface area contributed by atoms with Gasteiger partial charge in [-0.1, -0.05) is 6.07 Å². The minimum absolute atomic E-state index is 0.150. The number of carboxylic acids is 1. The van der Waals surface area contributed by atoms with Crippen molar-refractivity contribution in [1.82, 2.24) is 15.3 Å². The van der Waals surface area contributed by atoms with Gasteiger partial charge in [-0.05, 0) is 17.7 Å². The minimum Gasteiger partial charge on any atom is -0.481 e. The Bertz CT molecular complexity index is 945. The number of hydrogen-bond donors (Lipinski definition) is 4. The van der Waals surface area contributed by atoms with Crippen molar-refractivity contribution in [2.24, 2.45) is 0 Å². The molecule has 0 atom stereocenters. The first kappa shape index (κ1) is 19.7. The number of nitrogens with zero attached hydrogens (tertiary/aromatic N) is 1. The van der Waals surface area contributed by atoms with Crippen LogP contribution in [0.4, 0.5) is 14.7 Å². The van der Waals surface area contributed by atoms with Crippen LogP contribution in [0.1, 0.15) is 28.8 Å². The predicted molar refractivity (Wildman–Crippen MR) is 87.9 cm³/mol. The molecule has 0 aliphatic carbocycles. The first-order valence-electron chi connectivity index (χ1n) is 7.59. The van der Waals surface area contributed by atoms with E-state index in [0.717, 1.165) is 18.3 Å². The Morgan fingerprint density at radius 2 is 1.89 bits per heavy atom. The molecule has 11 heteroatoms. The Morgan fingerprint density at radius 1 is 1.15 bits per heavy atom. The van der Waals surface area contributed by atoms with E-state index in [1.807, 2.05) is 0 Å². The number of anilines is 1. The van der Waals surface area contributed by atoms with Crippen molar-refractivity contribution in [1.29, 1.82) is 0 Å². The van der Waals surface area contributed by atoms with Crippen LogP contribution < -0.4 is 16.2 Å². The summed E-state index contributed by atoms with van der Waals surface area (Å²) in [6.45, 7) is -0.150. The highest BCUT2D eigenvalue weighted by molar-refractivity contribution is 5.94. The molecule has 0 fully saturated rings. The average Bonchev–Trinajstić information content (AvgIpc) is 2.61. The molecule has 2 rings (SSSR count). The Balaban J connectivity index is 1.98. The molecule has 9 nitrogen and oxygen atoms in total. The highest BCUT2D eigenvalue weighted by Gasteiger charge is 2.14. The van der Waals surface area contributed by atoms with Gasteiger partial charge >= 0.3 is 5.97 Å². The summed E-state index contributed by atoms with van der Waals surface area (Å²) >= 11 is 0. The van der Waals surface area contributed by atoms with Gasteiger partial charge < -0.3 is 10.4 Å². The third kappa shape index (κ3) is 5.70. The van der Waals surface area contributed by atoms with E-state index in [0.29, 0.717) is 0 Å². The van der Waals surface area contributed by atoms with Crippen molar-refractivity contribution >= 4 is 23.7 Å². The molecule has 0 unspecified atom stereocenters. The molecule has 0 saturated heterocycles. The number of H-pyrrole nitrogens is 1. The molecule has 0 bridgehead atoms. The van der Waals surface area contributed by atoms with Crippen LogP contribution in [-0.2, 0) is 16.1 Å². The van der Waals surface area contributed by atoms with Gasteiger partial charge in [-0.15, -0.1) is 0 Å². The first-order valence-corrected chi connectivity index (χ1v) is 7.59. The van der Waals surface area contributed by atoms with Gasteiger partial charge in [0.05, 0.1) is 6.42 Å². The number of amides is 2. The number of hydrogen-bond acceptors (Lipinski definition) is 5. The topological polar surface area (TPSA) is 141 Å². The van der Waals surface area contributed by atoms with Gasteiger partial charge in [0, 0.05) is 19.2 Å². The van der Waals surface area contributed by atoms with Crippen LogP contribution in [-0.4, -0.2) is 32.9 Å². The molecule has 0 aliphatic rings. The normalized spacial score (nSPS) is 10.3. The molecule has 142 valence electrons. The summed E-state index contributed by atoms with van der Waals surface area (Å²) < 4.78 is 26.0. The SMILES string of the molecule is O=C(O)CCC(=O)Nc1ncc(C(=O)NCc2ccc(F)c(F)c2)c(=O)[nH]1. The maximum absolute atomic E-state index is 13.1. The fourth-order valence-electron chi connectivity index (χ4n) is 1.96. The molecule has 0 saturated carbocycles. The molecular formula is C16H14F2N4O5. The number of benzene rings is 1. The predicted octanol–water partition coefficient (Wildman–Crippen LogP) is 0.781. The quantitative estimate of drug-likeness (QED) is 0.559. The number of aromatic nitrogens is 2. The number of rotatable bonds is 7. The fraction of sp³-hybridized carbons (Fsp3) is 0.188. The summed E-state index contributed by atoms with van der Waals surface area (Å²) in [4.78, 5) is 51.7. The lowest BCUT2D eigenvalue weighted by molar-refractivity contribution is -0.138. The van der Waals surface area contributed by atoms with Gasteiger partial charge in [0.2, 0.25) is 11.9 Å². The van der Waals surface area contributed by atoms with Crippen LogP contribution >= 0.6 is 0 Å². The molecule has 27 heavy (non-hydrogen) atoms. The number of aliphatic carboxylic acids is 1. The third-order valence-corrected chi connectivity index (χ3v) is 3.30. The smallest absolute Gasteiger partial charge is 0.303 e. The number of carboxylic acid groups (broad SMARTS) is 1. The Morgan fingerprint density at radius 3 is 2.52 bits per heavy atom. The summed E-state index contributed by atoms with van der Waals surface area (Å²) in [5.74, 6) is -4.96. The van der Waals surface area contributed by atoms with Crippen molar-refractivity contribution in [3.05, 3.63) is 57.5 Å². The second-order valence-corrected chi connectivity index (χ2v) is 5.35.